The summed E-state index contributed by atoms with van der Waals surface area (Å²) in [6, 6.07) is 9.01. The predicted octanol–water partition coefficient (Wildman–Crippen LogP) is 2.55. The van der Waals surface area contributed by atoms with Gasteiger partial charge in [0.25, 0.3) is 0 Å². The van der Waals surface area contributed by atoms with E-state index in [1.807, 2.05) is 0 Å². The van der Waals surface area contributed by atoms with Crippen molar-refractivity contribution in [1.29, 1.82) is 0 Å². The van der Waals surface area contributed by atoms with Crippen molar-refractivity contribution in [3.63, 3.8) is 0 Å². The zero-order valence-electron chi connectivity index (χ0n) is 10.6. The predicted molar refractivity (Wildman–Crippen MR) is 71.1 cm³/mol. The molecule has 0 fully saturated rings. The van der Waals surface area contributed by atoms with Gasteiger partial charge in [-0.1, -0.05) is 12.1 Å². The second-order valence-corrected chi connectivity index (χ2v) is 6.29. The van der Waals surface area contributed by atoms with E-state index in [0.29, 0.717) is 0 Å². The molecule has 0 bridgehead atoms. The number of phenols is 2. The Balaban J connectivity index is 2.67. The molecule has 0 aliphatic heterocycles. The maximum atomic E-state index is 12.5. The highest BCUT2D eigenvalue weighted by atomic mass is 32.2. The number of sulfone groups is 1. The van der Waals surface area contributed by atoms with E-state index in [0.717, 1.165) is 5.56 Å². The molecule has 0 aromatic heterocycles. The molecule has 0 amide bonds. The number of benzene rings is 2. The molecule has 0 radical (unpaired) electrons. The van der Waals surface area contributed by atoms with E-state index >= 15 is 0 Å². The molecular weight excluding hydrogens is 264 g/mol. The Morgan fingerprint density at radius 2 is 1.68 bits per heavy atom. The lowest BCUT2D eigenvalue weighted by Gasteiger charge is -2.10. The minimum Gasteiger partial charge on any atom is -0.504 e. The highest BCUT2D eigenvalue weighted by Crippen LogP contribution is 2.35. The lowest BCUT2D eigenvalue weighted by molar-refractivity contribution is 0.399. The Hall–Kier alpha value is -2.01. The van der Waals surface area contributed by atoms with Gasteiger partial charge in [-0.2, -0.15) is 0 Å². The number of hydrogen-bond acceptors (Lipinski definition) is 4. The van der Waals surface area contributed by atoms with E-state index in [1.54, 1.807) is 25.1 Å². The quantitative estimate of drug-likeness (QED) is 0.828. The van der Waals surface area contributed by atoms with Crippen LogP contribution in [0.15, 0.2) is 46.2 Å². The van der Waals surface area contributed by atoms with E-state index in [2.05, 4.69) is 0 Å². The Morgan fingerprint density at radius 1 is 1.00 bits per heavy atom. The van der Waals surface area contributed by atoms with Crippen LogP contribution in [-0.4, -0.2) is 18.6 Å². The molecule has 2 aromatic carbocycles. The first-order valence-electron chi connectivity index (χ1n) is 5.67. The van der Waals surface area contributed by atoms with Crippen LogP contribution < -0.4 is 0 Å². The Kier molecular flexibility index (Phi) is 3.24. The standard InChI is InChI=1S/C14H14O4S/c1-9-4-3-5-11(8-9)19(17,18)13-7-6-12(15)14(16)10(13)2/h3-8,15-16H,1-2H3. The van der Waals surface area contributed by atoms with Crippen molar-refractivity contribution < 1.29 is 18.6 Å². The minimum absolute atomic E-state index is 0.00611. The second kappa shape index (κ2) is 4.59. The molecule has 100 valence electrons. The van der Waals surface area contributed by atoms with Crippen LogP contribution in [0.2, 0.25) is 0 Å². The van der Waals surface area contributed by atoms with E-state index in [4.69, 9.17) is 0 Å². The molecule has 0 aliphatic carbocycles. The van der Waals surface area contributed by atoms with Gasteiger partial charge in [-0.05, 0) is 43.7 Å². The lowest BCUT2D eigenvalue weighted by Crippen LogP contribution is -2.04. The summed E-state index contributed by atoms with van der Waals surface area (Å²) in [6.07, 6.45) is 0. The zero-order chi connectivity index (χ0) is 14.2. The largest absolute Gasteiger partial charge is 0.504 e. The molecule has 4 nitrogen and oxygen atoms in total. The Labute approximate surface area is 111 Å². The normalized spacial score (nSPS) is 11.5. The molecule has 0 saturated heterocycles. The molecule has 2 aromatic rings. The van der Waals surface area contributed by atoms with Gasteiger partial charge < -0.3 is 10.2 Å². The van der Waals surface area contributed by atoms with Gasteiger partial charge in [-0.15, -0.1) is 0 Å². The third kappa shape index (κ3) is 2.29. The van der Waals surface area contributed by atoms with Gasteiger partial charge in [0.2, 0.25) is 9.84 Å². The molecule has 0 aliphatic rings. The van der Waals surface area contributed by atoms with E-state index in [9.17, 15) is 18.6 Å². The number of rotatable bonds is 2. The highest BCUT2D eigenvalue weighted by Gasteiger charge is 2.22. The van der Waals surface area contributed by atoms with Gasteiger partial charge in [0.05, 0.1) is 9.79 Å². The van der Waals surface area contributed by atoms with Gasteiger partial charge >= 0.3 is 0 Å². The highest BCUT2D eigenvalue weighted by molar-refractivity contribution is 7.91. The van der Waals surface area contributed by atoms with Crippen molar-refractivity contribution in [2.75, 3.05) is 0 Å². The first kappa shape index (κ1) is 13.4. The molecule has 0 atom stereocenters. The van der Waals surface area contributed by atoms with E-state index in [-0.39, 0.29) is 21.1 Å². The number of aryl methyl sites for hydroxylation is 1. The van der Waals surface area contributed by atoms with Crippen LogP contribution in [0, 0.1) is 13.8 Å². The van der Waals surface area contributed by atoms with Crippen molar-refractivity contribution in [1.82, 2.24) is 0 Å². The fourth-order valence-corrected chi connectivity index (χ4v) is 3.47. The molecule has 19 heavy (non-hydrogen) atoms. The molecule has 5 heteroatoms. The third-order valence-corrected chi connectivity index (χ3v) is 4.85. The molecule has 0 spiro atoms. The average Bonchev–Trinajstić information content (AvgIpc) is 2.36. The fourth-order valence-electron chi connectivity index (χ4n) is 1.87. The smallest absolute Gasteiger partial charge is 0.207 e. The summed E-state index contributed by atoms with van der Waals surface area (Å²) >= 11 is 0. The van der Waals surface area contributed by atoms with E-state index in [1.165, 1.54) is 25.1 Å². The summed E-state index contributed by atoms with van der Waals surface area (Å²) in [7, 11) is -3.70. The zero-order valence-corrected chi connectivity index (χ0v) is 11.4. The molecule has 0 unspecified atom stereocenters. The van der Waals surface area contributed by atoms with Crippen LogP contribution in [0.4, 0.5) is 0 Å². The molecule has 0 saturated carbocycles. The summed E-state index contributed by atoms with van der Waals surface area (Å²) in [5.41, 5.74) is 0.975. The van der Waals surface area contributed by atoms with Crippen LogP contribution in [0.5, 0.6) is 11.5 Å². The molecule has 2 rings (SSSR count). The number of hydrogen-bond donors (Lipinski definition) is 2. The summed E-state index contributed by atoms with van der Waals surface area (Å²) in [5.74, 6) is -0.741. The summed E-state index contributed by atoms with van der Waals surface area (Å²) in [6.45, 7) is 3.26. The summed E-state index contributed by atoms with van der Waals surface area (Å²) < 4.78 is 25.0. The monoisotopic (exact) mass is 278 g/mol. The summed E-state index contributed by atoms with van der Waals surface area (Å²) in [5, 5.41) is 19.0. The van der Waals surface area contributed by atoms with Crippen molar-refractivity contribution in [3.05, 3.63) is 47.5 Å². The number of phenolic OH excluding ortho intramolecular Hbond substituents is 2. The fraction of sp³-hybridized carbons (Fsp3) is 0.143. The first-order chi connectivity index (χ1) is 8.84. The van der Waals surface area contributed by atoms with Gasteiger partial charge in [-0.25, -0.2) is 8.42 Å². The van der Waals surface area contributed by atoms with Gasteiger partial charge in [0.1, 0.15) is 0 Å². The van der Waals surface area contributed by atoms with Crippen LogP contribution in [0.1, 0.15) is 11.1 Å². The van der Waals surface area contributed by atoms with Crippen LogP contribution in [0.3, 0.4) is 0 Å². The topological polar surface area (TPSA) is 74.6 Å². The van der Waals surface area contributed by atoms with Gasteiger partial charge in [-0.3, -0.25) is 0 Å². The van der Waals surface area contributed by atoms with Crippen LogP contribution >= 0.6 is 0 Å². The van der Waals surface area contributed by atoms with Crippen molar-refractivity contribution >= 4 is 9.84 Å². The van der Waals surface area contributed by atoms with Gasteiger partial charge in [0.15, 0.2) is 11.5 Å². The minimum atomic E-state index is -3.70. The average molecular weight is 278 g/mol. The lowest BCUT2D eigenvalue weighted by atomic mass is 10.2. The third-order valence-electron chi connectivity index (χ3n) is 2.95. The molecule has 2 N–H and O–H groups in total. The molecular formula is C14H14O4S. The van der Waals surface area contributed by atoms with Gasteiger partial charge in [0, 0.05) is 5.56 Å². The van der Waals surface area contributed by atoms with E-state index < -0.39 is 15.6 Å². The maximum Gasteiger partial charge on any atom is 0.207 e. The summed E-state index contributed by atoms with van der Waals surface area (Å²) in [4.78, 5) is 0.161. The Bertz CT molecular complexity index is 733. The Morgan fingerprint density at radius 3 is 2.32 bits per heavy atom. The number of aromatic hydroxyl groups is 2. The van der Waals surface area contributed by atoms with Crippen molar-refractivity contribution in [3.8, 4) is 11.5 Å². The first-order valence-corrected chi connectivity index (χ1v) is 7.15. The van der Waals surface area contributed by atoms with Crippen molar-refractivity contribution in [2.24, 2.45) is 0 Å². The van der Waals surface area contributed by atoms with Crippen molar-refractivity contribution in [2.45, 2.75) is 23.6 Å². The molecule has 0 heterocycles. The second-order valence-electron chi connectivity index (χ2n) is 4.38. The maximum absolute atomic E-state index is 12.5. The van der Waals surface area contributed by atoms with Crippen LogP contribution in [-0.2, 0) is 9.84 Å². The SMILES string of the molecule is Cc1cccc(S(=O)(=O)c2ccc(O)c(O)c2C)c1. The van der Waals surface area contributed by atoms with Crippen LogP contribution in [0.25, 0.3) is 0 Å².